The van der Waals surface area contributed by atoms with Gasteiger partial charge in [0, 0.05) is 38.4 Å². The Hall–Kier alpha value is -3.37. The SMILES string of the molecule is C[C@H]([C@H]1CCN(c2c(F)c(N)c3c(=O)c(C(=O)O)cn(C4CC4)c3c2F)C1)N(C)C(=O)OC(C)(C)C. The van der Waals surface area contributed by atoms with Crippen molar-refractivity contribution < 1.29 is 28.2 Å². The molecule has 2 atom stereocenters. The Morgan fingerprint density at radius 3 is 2.42 bits per heavy atom. The summed E-state index contributed by atoms with van der Waals surface area (Å²) >= 11 is 0. The van der Waals surface area contributed by atoms with Crippen LogP contribution in [0.1, 0.15) is 63.4 Å². The number of halogens is 2. The molecule has 2 fully saturated rings. The molecule has 1 aromatic heterocycles. The van der Waals surface area contributed by atoms with Gasteiger partial charge in [-0.15, -0.1) is 0 Å². The van der Waals surface area contributed by atoms with Crippen molar-refractivity contribution in [3.63, 3.8) is 0 Å². The first-order valence-electron chi connectivity index (χ1n) is 12.0. The van der Waals surface area contributed by atoms with Gasteiger partial charge >= 0.3 is 12.1 Å². The quantitative estimate of drug-likeness (QED) is 0.589. The first-order valence-corrected chi connectivity index (χ1v) is 12.0. The van der Waals surface area contributed by atoms with Crippen molar-refractivity contribution in [2.75, 3.05) is 30.8 Å². The number of aromatic carboxylic acids is 1. The molecule has 2 aliphatic rings. The zero-order valence-electron chi connectivity index (χ0n) is 21.1. The lowest BCUT2D eigenvalue weighted by atomic mass is 9.99. The number of ether oxygens (including phenoxy) is 1. The molecule has 9 nitrogen and oxygen atoms in total. The van der Waals surface area contributed by atoms with E-state index in [2.05, 4.69) is 0 Å². The number of carboxylic acids is 1. The molecule has 1 saturated carbocycles. The Bertz CT molecular complexity index is 1300. The van der Waals surface area contributed by atoms with E-state index in [1.807, 2.05) is 6.92 Å². The summed E-state index contributed by atoms with van der Waals surface area (Å²) < 4.78 is 38.4. The highest BCUT2D eigenvalue weighted by atomic mass is 19.1. The summed E-state index contributed by atoms with van der Waals surface area (Å²) in [5, 5.41) is 9.00. The highest BCUT2D eigenvalue weighted by Crippen LogP contribution is 2.42. The van der Waals surface area contributed by atoms with Gasteiger partial charge in [0.05, 0.1) is 16.6 Å². The second-order valence-corrected chi connectivity index (χ2v) is 10.8. The highest BCUT2D eigenvalue weighted by molar-refractivity contribution is 5.99. The minimum Gasteiger partial charge on any atom is -0.477 e. The van der Waals surface area contributed by atoms with Crippen LogP contribution in [0, 0.1) is 17.6 Å². The maximum atomic E-state index is 16.0. The van der Waals surface area contributed by atoms with Crippen LogP contribution in [0.25, 0.3) is 10.9 Å². The lowest BCUT2D eigenvalue weighted by Gasteiger charge is -2.32. The van der Waals surface area contributed by atoms with Gasteiger partial charge in [0.15, 0.2) is 11.6 Å². The fraction of sp³-hybridized carbons (Fsp3) is 0.560. The molecule has 1 amide bonds. The molecule has 196 valence electrons. The number of nitrogen functional groups attached to an aromatic ring is 1. The average molecular weight is 507 g/mol. The fourth-order valence-electron chi connectivity index (χ4n) is 4.82. The number of carbonyl (C=O) groups excluding carboxylic acids is 1. The van der Waals surface area contributed by atoms with E-state index in [0.717, 1.165) is 6.20 Å². The molecule has 0 unspecified atom stereocenters. The van der Waals surface area contributed by atoms with E-state index in [9.17, 15) is 19.5 Å². The van der Waals surface area contributed by atoms with E-state index in [-0.39, 0.29) is 35.8 Å². The van der Waals surface area contributed by atoms with Gasteiger partial charge in [-0.3, -0.25) is 4.79 Å². The molecule has 36 heavy (non-hydrogen) atoms. The summed E-state index contributed by atoms with van der Waals surface area (Å²) in [6.07, 6.45) is 2.58. The monoisotopic (exact) mass is 506 g/mol. The zero-order chi connectivity index (χ0) is 26.7. The largest absolute Gasteiger partial charge is 0.477 e. The van der Waals surface area contributed by atoms with Gasteiger partial charge < -0.3 is 29.9 Å². The summed E-state index contributed by atoms with van der Waals surface area (Å²) in [6, 6.07) is -0.455. The molecule has 0 radical (unpaired) electrons. The van der Waals surface area contributed by atoms with Gasteiger partial charge in [-0.05, 0) is 52.9 Å². The van der Waals surface area contributed by atoms with E-state index in [1.54, 1.807) is 27.8 Å². The van der Waals surface area contributed by atoms with Gasteiger partial charge in [0.25, 0.3) is 0 Å². The Morgan fingerprint density at radius 1 is 1.22 bits per heavy atom. The molecule has 4 rings (SSSR count). The van der Waals surface area contributed by atoms with E-state index in [0.29, 0.717) is 25.8 Å². The average Bonchev–Trinajstić information content (AvgIpc) is 3.52. The number of carbonyl (C=O) groups is 2. The highest BCUT2D eigenvalue weighted by Gasteiger charge is 2.37. The number of fused-ring (bicyclic) bond motifs is 1. The lowest BCUT2D eigenvalue weighted by Crippen LogP contribution is -2.43. The van der Waals surface area contributed by atoms with Crippen molar-refractivity contribution in [2.24, 2.45) is 5.92 Å². The molecule has 1 aromatic carbocycles. The number of carboxylic acid groups (broad SMARTS) is 1. The van der Waals surface area contributed by atoms with Crippen LogP contribution in [0.2, 0.25) is 0 Å². The smallest absolute Gasteiger partial charge is 0.410 e. The number of hydrogen-bond donors (Lipinski definition) is 2. The first-order chi connectivity index (χ1) is 16.7. The van der Waals surface area contributed by atoms with Gasteiger partial charge in [0.2, 0.25) is 5.43 Å². The molecule has 11 heteroatoms. The Kier molecular flexibility index (Phi) is 6.38. The van der Waals surface area contributed by atoms with Crippen molar-refractivity contribution in [1.82, 2.24) is 9.47 Å². The number of aromatic nitrogens is 1. The number of hydrogen-bond acceptors (Lipinski definition) is 6. The van der Waals surface area contributed by atoms with Crippen LogP contribution < -0.4 is 16.1 Å². The van der Waals surface area contributed by atoms with Crippen molar-refractivity contribution in [3.8, 4) is 0 Å². The fourth-order valence-corrected chi connectivity index (χ4v) is 4.82. The van der Waals surface area contributed by atoms with E-state index in [4.69, 9.17) is 10.5 Å². The summed E-state index contributed by atoms with van der Waals surface area (Å²) in [7, 11) is 1.63. The number of amides is 1. The van der Waals surface area contributed by atoms with Gasteiger partial charge in [-0.25, -0.2) is 18.4 Å². The Balaban J connectivity index is 1.72. The number of anilines is 2. The number of rotatable bonds is 5. The third-order valence-corrected chi connectivity index (χ3v) is 7.05. The van der Waals surface area contributed by atoms with Crippen LogP contribution >= 0.6 is 0 Å². The van der Waals surface area contributed by atoms with Crippen LogP contribution in [-0.4, -0.2) is 58.4 Å². The lowest BCUT2D eigenvalue weighted by molar-refractivity contribution is 0.0192. The summed E-state index contributed by atoms with van der Waals surface area (Å²) in [5.74, 6) is -3.61. The standard InChI is InChI=1S/C25H32F2N4O5/c1-12(29(5)24(35)36-25(2,3)4)13-8-9-30(10-13)21-17(26)19(28)16-20(18(21)27)31(14-6-7-14)11-15(22(16)32)23(33)34/h11-14H,6-10,28H2,1-5H3,(H,33,34)/t12-,13+/m1/s1. The van der Waals surface area contributed by atoms with E-state index >= 15 is 8.78 Å². The van der Waals surface area contributed by atoms with Crippen molar-refractivity contribution in [1.29, 1.82) is 0 Å². The molecular weight excluding hydrogens is 474 g/mol. The van der Waals surface area contributed by atoms with Crippen molar-refractivity contribution >= 4 is 34.3 Å². The zero-order valence-corrected chi connectivity index (χ0v) is 21.1. The molecule has 0 bridgehead atoms. The predicted molar refractivity (Wildman–Crippen MR) is 132 cm³/mol. The molecule has 2 heterocycles. The predicted octanol–water partition coefficient (Wildman–Crippen LogP) is 3.98. The van der Waals surface area contributed by atoms with Gasteiger partial charge in [-0.2, -0.15) is 0 Å². The number of benzene rings is 1. The third-order valence-electron chi connectivity index (χ3n) is 7.05. The van der Waals surface area contributed by atoms with Crippen molar-refractivity contribution in [3.05, 3.63) is 33.6 Å². The number of nitrogens with two attached hydrogens (primary N) is 1. The Morgan fingerprint density at radius 2 is 1.86 bits per heavy atom. The van der Waals surface area contributed by atoms with E-state index < -0.39 is 51.4 Å². The summed E-state index contributed by atoms with van der Waals surface area (Å²) in [4.78, 5) is 40.0. The van der Waals surface area contributed by atoms with Gasteiger partial charge in [-0.1, -0.05) is 0 Å². The van der Waals surface area contributed by atoms with Crippen LogP contribution in [0.5, 0.6) is 0 Å². The molecule has 0 spiro atoms. The minimum atomic E-state index is -1.48. The molecule has 1 aliphatic carbocycles. The topological polar surface area (TPSA) is 118 Å². The molecular formula is C25H32F2N4O5. The van der Waals surface area contributed by atoms with Crippen LogP contribution in [0.3, 0.4) is 0 Å². The first kappa shape index (κ1) is 25.7. The van der Waals surface area contributed by atoms with Crippen LogP contribution in [0.15, 0.2) is 11.0 Å². The third kappa shape index (κ3) is 4.46. The normalized spacial score (nSPS) is 19.0. The number of pyridine rings is 1. The molecule has 1 aliphatic heterocycles. The number of nitrogens with zero attached hydrogens (tertiary/aromatic N) is 3. The molecule has 3 N–H and O–H groups in total. The van der Waals surface area contributed by atoms with Crippen LogP contribution in [-0.2, 0) is 4.74 Å². The van der Waals surface area contributed by atoms with Crippen LogP contribution in [0.4, 0.5) is 25.0 Å². The Labute approximate surface area is 207 Å². The minimum absolute atomic E-state index is 0.0988. The van der Waals surface area contributed by atoms with Crippen molar-refractivity contribution in [2.45, 2.75) is 64.6 Å². The second kappa shape index (κ2) is 8.94. The summed E-state index contributed by atoms with van der Waals surface area (Å²) in [5.41, 5.74) is 2.69. The van der Waals surface area contributed by atoms with Gasteiger partial charge in [0.1, 0.15) is 16.9 Å². The van der Waals surface area contributed by atoms with E-state index in [1.165, 1.54) is 14.4 Å². The second-order valence-electron chi connectivity index (χ2n) is 10.8. The maximum absolute atomic E-state index is 16.0. The maximum Gasteiger partial charge on any atom is 0.410 e. The summed E-state index contributed by atoms with van der Waals surface area (Å²) in [6.45, 7) is 7.76. The molecule has 1 saturated heterocycles. The molecule has 2 aromatic rings.